The summed E-state index contributed by atoms with van der Waals surface area (Å²) in [5, 5.41) is 5.27. The number of hydrogen-bond acceptors (Lipinski definition) is 6. The fraction of sp³-hybridized carbons (Fsp3) is 0.103. The predicted octanol–water partition coefficient (Wildman–Crippen LogP) is 8.81. The van der Waals surface area contributed by atoms with E-state index < -0.39 is 17.1 Å². The fourth-order valence-electron chi connectivity index (χ4n) is 5.16. The summed E-state index contributed by atoms with van der Waals surface area (Å²) in [4.78, 5) is 45.4. The SMILES string of the molecule is CCOc1ccc(/C=C(/NC(=O)c2ccccc2)C(=O)Nc2cccc(SC(C)C(=O)N3c4ccccc4Sc4ccccc43)c2)cc1. The van der Waals surface area contributed by atoms with Gasteiger partial charge in [0.1, 0.15) is 11.4 Å². The van der Waals surface area contributed by atoms with E-state index in [2.05, 4.69) is 10.6 Å². The number of para-hydroxylation sites is 2. The summed E-state index contributed by atoms with van der Waals surface area (Å²) >= 11 is 3.07. The topological polar surface area (TPSA) is 87.7 Å². The van der Waals surface area contributed by atoms with E-state index in [-0.39, 0.29) is 11.6 Å². The van der Waals surface area contributed by atoms with Gasteiger partial charge in [0.25, 0.3) is 11.8 Å². The van der Waals surface area contributed by atoms with Crippen molar-refractivity contribution in [3.05, 3.63) is 144 Å². The predicted molar refractivity (Wildman–Crippen MR) is 194 cm³/mol. The van der Waals surface area contributed by atoms with Gasteiger partial charge in [-0.3, -0.25) is 19.3 Å². The maximum atomic E-state index is 14.0. The number of amides is 3. The molecular formula is C39H33N3O4S2. The normalized spacial score (nSPS) is 12.7. The molecule has 0 bridgehead atoms. The molecule has 0 spiro atoms. The first-order valence-electron chi connectivity index (χ1n) is 15.5. The molecule has 2 N–H and O–H groups in total. The van der Waals surface area contributed by atoms with Crippen LogP contribution in [0.1, 0.15) is 29.8 Å². The van der Waals surface area contributed by atoms with Gasteiger partial charge in [-0.1, -0.05) is 72.4 Å². The van der Waals surface area contributed by atoms with Crippen molar-refractivity contribution >= 4 is 64.4 Å². The van der Waals surface area contributed by atoms with Crippen LogP contribution in [0.25, 0.3) is 6.08 Å². The van der Waals surface area contributed by atoms with E-state index in [0.29, 0.717) is 29.2 Å². The molecule has 1 aliphatic rings. The zero-order chi connectivity index (χ0) is 33.5. The van der Waals surface area contributed by atoms with Crippen LogP contribution < -0.4 is 20.3 Å². The molecule has 1 aliphatic heterocycles. The van der Waals surface area contributed by atoms with E-state index in [1.165, 1.54) is 11.8 Å². The Labute approximate surface area is 288 Å². The first kappa shape index (κ1) is 32.7. The number of nitrogens with zero attached hydrogens (tertiary/aromatic N) is 1. The molecule has 9 heteroatoms. The number of anilines is 3. The molecule has 0 aliphatic carbocycles. The second kappa shape index (κ2) is 15.1. The molecule has 48 heavy (non-hydrogen) atoms. The van der Waals surface area contributed by atoms with Gasteiger partial charge in [0.2, 0.25) is 5.91 Å². The zero-order valence-electron chi connectivity index (χ0n) is 26.4. The molecule has 7 nitrogen and oxygen atoms in total. The van der Waals surface area contributed by atoms with Crippen molar-refractivity contribution in [3.8, 4) is 5.75 Å². The molecule has 240 valence electrons. The molecule has 0 aromatic heterocycles. The molecule has 3 amide bonds. The number of ether oxygens (including phenoxy) is 1. The first-order valence-corrected chi connectivity index (χ1v) is 17.2. The minimum absolute atomic E-state index is 0.0427. The molecule has 1 atom stereocenters. The second-order valence-corrected chi connectivity index (χ2v) is 13.3. The summed E-state index contributed by atoms with van der Waals surface area (Å²) in [5.41, 5.74) is 3.48. The van der Waals surface area contributed by atoms with Crippen LogP contribution >= 0.6 is 23.5 Å². The number of carbonyl (C=O) groups excluding carboxylic acids is 3. The molecule has 1 unspecified atom stereocenters. The van der Waals surface area contributed by atoms with Crippen LogP contribution in [-0.4, -0.2) is 29.6 Å². The third-order valence-corrected chi connectivity index (χ3v) is 9.65. The Hall–Kier alpha value is -5.25. The molecule has 0 saturated carbocycles. The van der Waals surface area contributed by atoms with Gasteiger partial charge in [0.05, 0.1) is 23.2 Å². The van der Waals surface area contributed by atoms with Crippen LogP contribution in [0.2, 0.25) is 0 Å². The lowest BCUT2D eigenvalue weighted by molar-refractivity contribution is -0.117. The Balaban J connectivity index is 1.20. The number of hydrogen-bond donors (Lipinski definition) is 2. The molecule has 5 aromatic rings. The Kier molecular flexibility index (Phi) is 10.3. The Bertz CT molecular complexity index is 1930. The van der Waals surface area contributed by atoms with Crippen molar-refractivity contribution in [1.82, 2.24) is 5.32 Å². The molecule has 1 heterocycles. The highest BCUT2D eigenvalue weighted by atomic mass is 32.2. The number of carbonyl (C=O) groups is 3. The Morgan fingerprint density at radius 2 is 1.46 bits per heavy atom. The number of thioether (sulfide) groups is 1. The van der Waals surface area contributed by atoms with E-state index in [0.717, 1.165) is 26.1 Å². The van der Waals surface area contributed by atoms with E-state index in [4.69, 9.17) is 4.74 Å². The van der Waals surface area contributed by atoms with Crippen molar-refractivity contribution < 1.29 is 19.1 Å². The number of nitrogens with one attached hydrogen (secondary N) is 2. The van der Waals surface area contributed by atoms with E-state index in [1.54, 1.807) is 53.1 Å². The van der Waals surface area contributed by atoms with Crippen molar-refractivity contribution in [2.24, 2.45) is 0 Å². The number of benzene rings is 5. The quantitative estimate of drug-likeness (QED) is 0.114. The molecule has 0 fully saturated rings. The second-order valence-electron chi connectivity index (χ2n) is 10.8. The maximum Gasteiger partial charge on any atom is 0.272 e. The van der Waals surface area contributed by atoms with E-state index >= 15 is 0 Å². The lowest BCUT2D eigenvalue weighted by Crippen LogP contribution is -2.34. The van der Waals surface area contributed by atoms with Crippen LogP contribution in [0.3, 0.4) is 0 Å². The monoisotopic (exact) mass is 671 g/mol. The minimum Gasteiger partial charge on any atom is -0.494 e. The van der Waals surface area contributed by atoms with Crippen molar-refractivity contribution in [3.63, 3.8) is 0 Å². The third kappa shape index (κ3) is 7.65. The highest BCUT2D eigenvalue weighted by molar-refractivity contribution is 8.00. The summed E-state index contributed by atoms with van der Waals surface area (Å²) in [5.74, 6) is -0.222. The van der Waals surface area contributed by atoms with Crippen LogP contribution in [0.5, 0.6) is 5.75 Å². The van der Waals surface area contributed by atoms with Crippen molar-refractivity contribution in [2.75, 3.05) is 16.8 Å². The molecule has 5 aromatic carbocycles. The Morgan fingerprint density at radius 3 is 2.12 bits per heavy atom. The van der Waals surface area contributed by atoms with Gasteiger partial charge in [-0.2, -0.15) is 0 Å². The van der Waals surface area contributed by atoms with Gasteiger partial charge < -0.3 is 15.4 Å². The lowest BCUT2D eigenvalue weighted by Gasteiger charge is -2.32. The zero-order valence-corrected chi connectivity index (χ0v) is 28.0. The third-order valence-electron chi connectivity index (χ3n) is 7.44. The summed E-state index contributed by atoms with van der Waals surface area (Å²) in [6.45, 7) is 4.34. The highest BCUT2D eigenvalue weighted by Crippen LogP contribution is 2.48. The van der Waals surface area contributed by atoms with Crippen molar-refractivity contribution in [2.45, 2.75) is 33.8 Å². The molecular weight excluding hydrogens is 639 g/mol. The number of rotatable bonds is 10. The van der Waals surface area contributed by atoms with Gasteiger partial charge >= 0.3 is 0 Å². The first-order chi connectivity index (χ1) is 23.4. The largest absolute Gasteiger partial charge is 0.494 e. The van der Waals surface area contributed by atoms with Gasteiger partial charge in [-0.05, 0) is 92.2 Å². The smallest absolute Gasteiger partial charge is 0.272 e. The maximum absolute atomic E-state index is 14.0. The van der Waals surface area contributed by atoms with Crippen LogP contribution in [0.15, 0.2) is 148 Å². The van der Waals surface area contributed by atoms with Crippen LogP contribution in [0.4, 0.5) is 17.1 Å². The summed E-state index contributed by atoms with van der Waals surface area (Å²) in [7, 11) is 0. The van der Waals surface area contributed by atoms with Gasteiger partial charge in [-0.25, -0.2) is 0 Å². The molecule has 0 radical (unpaired) electrons. The molecule has 6 rings (SSSR count). The summed E-state index contributed by atoms with van der Waals surface area (Å²) < 4.78 is 5.54. The summed E-state index contributed by atoms with van der Waals surface area (Å²) in [6.07, 6.45) is 1.62. The average molecular weight is 672 g/mol. The van der Waals surface area contributed by atoms with E-state index in [1.807, 2.05) is 111 Å². The fourth-order valence-corrected chi connectivity index (χ4v) is 7.18. The molecule has 0 saturated heterocycles. The van der Waals surface area contributed by atoms with Gasteiger partial charge in [0, 0.05) is 25.9 Å². The van der Waals surface area contributed by atoms with Gasteiger partial charge in [0.15, 0.2) is 0 Å². The number of fused-ring (bicyclic) bond motifs is 2. The van der Waals surface area contributed by atoms with E-state index in [9.17, 15) is 14.4 Å². The Morgan fingerprint density at radius 1 is 0.812 bits per heavy atom. The van der Waals surface area contributed by atoms with Crippen LogP contribution in [-0.2, 0) is 9.59 Å². The average Bonchev–Trinajstić information content (AvgIpc) is 3.11. The van der Waals surface area contributed by atoms with Crippen LogP contribution in [0, 0.1) is 0 Å². The van der Waals surface area contributed by atoms with Crippen molar-refractivity contribution in [1.29, 1.82) is 0 Å². The lowest BCUT2D eigenvalue weighted by atomic mass is 10.1. The summed E-state index contributed by atoms with van der Waals surface area (Å²) in [6, 6.07) is 39.2. The standard InChI is InChI=1S/C39H33N3O4S2/c1-3-46-30-22-20-27(21-23-30)24-32(41-37(43)28-12-5-4-6-13-28)38(44)40-29-14-11-15-31(25-29)47-26(2)39(45)42-33-16-7-9-18-35(33)48-36-19-10-8-17-34(36)42/h4-26H,3H2,1-2H3,(H,40,44)(H,41,43)/b32-24+. The van der Waals surface area contributed by atoms with Gasteiger partial charge in [-0.15, -0.1) is 11.8 Å². The minimum atomic E-state index is -0.488. The highest BCUT2D eigenvalue weighted by Gasteiger charge is 2.31.